The topological polar surface area (TPSA) is 32.1 Å². The molecule has 1 N–H and O–H groups in total. The molecular formula is C9H19N2O+. The Labute approximate surface area is 74.5 Å². The third-order valence-electron chi connectivity index (χ3n) is 1.50. The van der Waals surface area contributed by atoms with Crippen molar-refractivity contribution < 1.29 is 9.37 Å². The quantitative estimate of drug-likeness (QED) is 0.214. The van der Waals surface area contributed by atoms with Crippen molar-refractivity contribution in [1.82, 2.24) is 5.32 Å². The average molecular weight is 174 g/mol. The lowest BCUT2D eigenvalue weighted by Crippen LogP contribution is -2.20. The van der Waals surface area contributed by atoms with E-state index >= 15 is 0 Å². The number of amides is 1. The zero-order valence-corrected chi connectivity index (χ0v) is 8.26. The summed E-state index contributed by atoms with van der Waals surface area (Å²) in [5, 5.41) is 2.77. The van der Waals surface area contributed by atoms with E-state index in [9.17, 15) is 4.79 Å². The number of unbranched alkanes of at least 4 members (excludes halogenated alkanes) is 2. The van der Waals surface area contributed by atoms with Gasteiger partial charge in [-0.1, -0.05) is 0 Å². The van der Waals surface area contributed by atoms with Crippen LogP contribution in [0.3, 0.4) is 0 Å². The molecule has 0 bridgehead atoms. The molecule has 0 aliphatic heterocycles. The van der Waals surface area contributed by atoms with Gasteiger partial charge in [0.05, 0.1) is 0 Å². The van der Waals surface area contributed by atoms with Crippen molar-refractivity contribution in [2.45, 2.75) is 26.2 Å². The van der Waals surface area contributed by atoms with Gasteiger partial charge in [-0.15, -0.1) is 0 Å². The molecule has 0 heterocycles. The zero-order chi connectivity index (χ0) is 9.40. The number of carbonyl (C=O) groups is 1. The summed E-state index contributed by atoms with van der Waals surface area (Å²) in [6.45, 7) is 2.35. The fourth-order valence-corrected chi connectivity index (χ4v) is 0.883. The van der Waals surface area contributed by atoms with Crippen LogP contribution < -0.4 is 5.32 Å². The maximum atomic E-state index is 10.5. The van der Waals surface area contributed by atoms with Crippen LogP contribution in [0.25, 0.3) is 0 Å². The van der Waals surface area contributed by atoms with Crippen LogP contribution in [0, 0.1) is 0 Å². The summed E-state index contributed by atoms with van der Waals surface area (Å²) in [6, 6.07) is 0. The lowest BCUT2D eigenvalue weighted by atomic mass is 10.2. The molecule has 70 valence electrons. The number of carbonyl (C=O) groups excluding carboxylic acids is 1. The fourth-order valence-electron chi connectivity index (χ4n) is 0.883. The van der Waals surface area contributed by atoms with Crippen molar-refractivity contribution in [3.63, 3.8) is 0 Å². The molecule has 0 unspecified atom stereocenters. The highest BCUT2D eigenvalue weighted by Crippen LogP contribution is 1.90. The molecule has 0 rings (SSSR count). The molecule has 0 aromatic rings. The number of nitrogens with zero attached hydrogens (tertiary/aromatic N) is 1. The van der Waals surface area contributed by atoms with Crippen LogP contribution in [0.15, 0.2) is 0 Å². The molecule has 0 aliphatic carbocycles. The molecule has 3 nitrogen and oxygen atoms in total. The monoisotopic (exact) mass is 174 g/mol. The Kier molecular flexibility index (Phi) is 6.34. The third kappa shape index (κ3) is 9.14. The van der Waals surface area contributed by atoms with Crippen molar-refractivity contribution in [2.75, 3.05) is 20.6 Å². The predicted molar refractivity (Wildman–Crippen MR) is 50.7 cm³/mol. The van der Waals surface area contributed by atoms with Gasteiger partial charge in [-0.25, -0.2) is 4.58 Å². The van der Waals surface area contributed by atoms with E-state index in [-0.39, 0.29) is 5.91 Å². The van der Waals surface area contributed by atoms with E-state index in [2.05, 4.69) is 16.1 Å². The van der Waals surface area contributed by atoms with Crippen molar-refractivity contribution in [3.05, 3.63) is 0 Å². The Bertz CT molecular complexity index is 160. The van der Waals surface area contributed by atoms with Gasteiger partial charge in [0.2, 0.25) is 5.91 Å². The van der Waals surface area contributed by atoms with Crippen LogP contribution in [-0.4, -0.2) is 37.3 Å². The first-order valence-corrected chi connectivity index (χ1v) is 4.37. The van der Waals surface area contributed by atoms with Crippen LogP contribution in [0.1, 0.15) is 26.2 Å². The van der Waals surface area contributed by atoms with Gasteiger partial charge in [-0.3, -0.25) is 4.79 Å². The summed E-state index contributed by atoms with van der Waals surface area (Å²) in [4.78, 5) is 10.5. The minimum atomic E-state index is 0.0617. The van der Waals surface area contributed by atoms with Gasteiger partial charge in [0.1, 0.15) is 20.3 Å². The molecule has 0 fully saturated rings. The molecule has 0 spiro atoms. The number of nitrogens with one attached hydrogen (secondary N) is 1. The van der Waals surface area contributed by atoms with Gasteiger partial charge < -0.3 is 5.32 Å². The molecular weight excluding hydrogens is 155 g/mol. The van der Waals surface area contributed by atoms with Crippen LogP contribution >= 0.6 is 0 Å². The second-order valence-corrected chi connectivity index (χ2v) is 3.12. The molecule has 0 saturated heterocycles. The molecule has 0 saturated carbocycles. The van der Waals surface area contributed by atoms with Gasteiger partial charge in [-0.05, 0) is 12.8 Å². The van der Waals surface area contributed by atoms with E-state index in [4.69, 9.17) is 0 Å². The summed E-state index contributed by atoms with van der Waals surface area (Å²) >= 11 is 0. The smallest absolute Gasteiger partial charge is 0.216 e. The number of hydrogen-bond acceptors (Lipinski definition) is 1. The van der Waals surface area contributed by atoms with Crippen LogP contribution in [0.4, 0.5) is 0 Å². The highest BCUT2D eigenvalue weighted by molar-refractivity contribution is 5.72. The molecule has 0 aromatic carbocycles. The predicted octanol–water partition coefficient (Wildman–Crippen LogP) is 0.636. The minimum Gasteiger partial charge on any atom is -0.356 e. The molecule has 0 aliphatic rings. The Morgan fingerprint density at radius 1 is 1.42 bits per heavy atom. The van der Waals surface area contributed by atoms with Crippen molar-refractivity contribution in [2.24, 2.45) is 0 Å². The summed E-state index contributed by atoms with van der Waals surface area (Å²) in [5.74, 6) is 0.0617. The Morgan fingerprint density at radius 2 is 2.08 bits per heavy atom. The average Bonchev–Trinajstić information content (AvgIpc) is 1.95. The van der Waals surface area contributed by atoms with Crippen LogP contribution in [0.5, 0.6) is 0 Å². The van der Waals surface area contributed by atoms with E-state index in [0.29, 0.717) is 0 Å². The number of hydrogen-bond donors (Lipinski definition) is 1. The highest BCUT2D eigenvalue weighted by Gasteiger charge is 1.91. The molecule has 0 atom stereocenters. The summed E-state index contributed by atoms with van der Waals surface area (Å²) in [5.41, 5.74) is 0. The van der Waals surface area contributed by atoms with Gasteiger partial charge in [0.15, 0.2) is 0 Å². The van der Waals surface area contributed by atoms with Gasteiger partial charge in [0.25, 0.3) is 0 Å². The largest absolute Gasteiger partial charge is 0.356 e. The summed E-state index contributed by atoms with van der Waals surface area (Å²) in [7, 11) is 4.04. The molecule has 1 amide bonds. The fraction of sp³-hybridized carbons (Fsp3) is 0.778. The normalized spacial score (nSPS) is 11.4. The maximum Gasteiger partial charge on any atom is 0.216 e. The Balaban J connectivity index is 3.11. The van der Waals surface area contributed by atoms with Gasteiger partial charge >= 0.3 is 0 Å². The van der Waals surface area contributed by atoms with E-state index in [0.717, 1.165) is 25.8 Å². The highest BCUT2D eigenvalue weighted by atomic mass is 16.2. The second-order valence-electron chi connectivity index (χ2n) is 3.12. The first-order chi connectivity index (χ1) is 5.63. The van der Waals surface area contributed by atoms with Crippen LogP contribution in [-0.2, 0) is 4.79 Å². The first-order valence-electron chi connectivity index (χ1n) is 4.37. The third-order valence-corrected chi connectivity index (χ3v) is 1.50. The second kappa shape index (κ2) is 6.83. The molecule has 0 radical (unpaired) electrons. The molecule has 0 aromatic heterocycles. The Hall–Kier alpha value is -0.860. The van der Waals surface area contributed by atoms with E-state index in [1.165, 1.54) is 0 Å². The molecule has 12 heavy (non-hydrogen) atoms. The summed E-state index contributed by atoms with van der Waals surface area (Å²) in [6.07, 6.45) is 5.43. The van der Waals surface area contributed by atoms with E-state index < -0.39 is 0 Å². The first kappa shape index (κ1) is 11.1. The Morgan fingerprint density at radius 3 is 2.58 bits per heavy atom. The molecule has 3 heteroatoms. The lowest BCUT2D eigenvalue weighted by Gasteiger charge is -1.98. The standard InChI is InChI=1S/C9H18N2O/c1-9(12)10-7-5-4-6-8-11(2)3/h8H,4-7H2,1-3H3/p+1/i2+1,9+1,10+1. The van der Waals surface area contributed by atoms with E-state index in [1.54, 1.807) is 6.92 Å². The lowest BCUT2D eigenvalue weighted by molar-refractivity contribution is -0.460. The van der Waals surface area contributed by atoms with Gasteiger partial charge in [-0.2, -0.15) is 0 Å². The SMILES string of the molecule is C[13C](=O)[15NH]CCCCC=[N+](C)[13CH3]. The van der Waals surface area contributed by atoms with Crippen LogP contribution in [0.2, 0.25) is 0 Å². The van der Waals surface area contributed by atoms with Crippen molar-refractivity contribution in [1.29, 1.82) is 0 Å². The van der Waals surface area contributed by atoms with Gasteiger partial charge in [0, 0.05) is 19.9 Å². The number of rotatable bonds is 5. The minimum absolute atomic E-state index is 0.0617. The summed E-state index contributed by atoms with van der Waals surface area (Å²) < 4.78 is 2.05. The van der Waals surface area contributed by atoms with Crippen molar-refractivity contribution in [3.8, 4) is 0 Å². The van der Waals surface area contributed by atoms with E-state index in [1.807, 2.05) is 14.1 Å². The zero-order valence-electron chi connectivity index (χ0n) is 8.26. The van der Waals surface area contributed by atoms with Crippen molar-refractivity contribution >= 4 is 12.1 Å². The maximum absolute atomic E-state index is 10.5.